The summed E-state index contributed by atoms with van der Waals surface area (Å²) in [6.45, 7) is 6.21. The molecule has 1 heterocycles. The summed E-state index contributed by atoms with van der Waals surface area (Å²) in [5.74, 6) is 0.782. The van der Waals surface area contributed by atoms with Crippen molar-refractivity contribution >= 4 is 16.0 Å². The lowest BCUT2D eigenvalue weighted by Crippen LogP contribution is -2.41. The van der Waals surface area contributed by atoms with Crippen molar-refractivity contribution in [2.75, 3.05) is 33.7 Å². The van der Waals surface area contributed by atoms with Crippen LogP contribution in [0.1, 0.15) is 43.7 Å². The van der Waals surface area contributed by atoms with Crippen LogP contribution in [-0.4, -0.2) is 59.0 Å². The van der Waals surface area contributed by atoms with Crippen LogP contribution in [0.2, 0.25) is 0 Å². The van der Waals surface area contributed by atoms with Gasteiger partial charge in [0.15, 0.2) is 5.96 Å². The molecule has 28 heavy (non-hydrogen) atoms. The van der Waals surface area contributed by atoms with Crippen LogP contribution in [0.15, 0.2) is 29.3 Å². The smallest absolute Gasteiger partial charge is 0.215 e. The topological polar surface area (TPSA) is 85.8 Å². The normalized spacial score (nSPS) is 18.8. The predicted octanol–water partition coefficient (Wildman–Crippen LogP) is 1.67. The van der Waals surface area contributed by atoms with Crippen LogP contribution in [0.3, 0.4) is 0 Å². The molecule has 0 aromatic heterocycles. The molecule has 0 bridgehead atoms. The zero-order chi connectivity index (χ0) is 20.4. The van der Waals surface area contributed by atoms with Crippen molar-refractivity contribution in [1.29, 1.82) is 0 Å². The second-order valence-electron chi connectivity index (χ2n) is 7.37. The lowest BCUT2D eigenvalue weighted by Gasteiger charge is -2.33. The highest BCUT2D eigenvalue weighted by molar-refractivity contribution is 7.88. The molecule has 0 saturated carbocycles. The van der Waals surface area contributed by atoms with E-state index < -0.39 is 10.0 Å². The zero-order valence-corrected chi connectivity index (χ0v) is 18.2. The number of rotatable bonds is 9. The minimum absolute atomic E-state index is 0.00390. The van der Waals surface area contributed by atoms with Crippen molar-refractivity contribution < 1.29 is 8.42 Å². The quantitative estimate of drug-likeness (QED) is 0.328. The molecule has 0 aliphatic carbocycles. The number of aliphatic imine (C=N–C) groups is 1. The fourth-order valence-corrected chi connectivity index (χ4v) is 4.21. The molecule has 1 aliphatic rings. The zero-order valence-electron chi connectivity index (χ0n) is 17.4. The standard InChI is InChI=1S/C20H35N5O2S/c1-17-7-4-5-13-25(17)14-6-12-23-20(21-2)24-15-18-8-10-19(11-9-18)16-28(26,27)22-3/h8-11,17,22H,4-7,12-16H2,1-3H3,(H2,21,23,24). The Kier molecular flexibility index (Phi) is 9.21. The maximum atomic E-state index is 11.6. The van der Waals surface area contributed by atoms with Gasteiger partial charge in [0.05, 0.1) is 5.75 Å². The number of nitrogens with one attached hydrogen (secondary N) is 3. The SMILES string of the molecule is CN=C(NCCCN1CCCCC1C)NCc1ccc(CS(=O)(=O)NC)cc1. The summed E-state index contributed by atoms with van der Waals surface area (Å²) < 4.78 is 25.5. The summed E-state index contributed by atoms with van der Waals surface area (Å²) in [6.07, 6.45) is 5.09. The van der Waals surface area contributed by atoms with Crippen LogP contribution in [0, 0.1) is 0 Å². The summed E-state index contributed by atoms with van der Waals surface area (Å²) in [5, 5.41) is 6.68. The maximum Gasteiger partial charge on any atom is 0.215 e. The largest absolute Gasteiger partial charge is 0.356 e. The molecule has 158 valence electrons. The van der Waals surface area contributed by atoms with E-state index in [4.69, 9.17) is 0 Å². The Bertz CT molecular complexity index is 719. The molecule has 0 radical (unpaired) electrons. The van der Waals surface area contributed by atoms with Crippen LogP contribution in [0.25, 0.3) is 0 Å². The molecule has 1 atom stereocenters. The first-order valence-electron chi connectivity index (χ1n) is 10.1. The van der Waals surface area contributed by atoms with E-state index in [2.05, 4.69) is 32.2 Å². The molecule has 1 saturated heterocycles. The van der Waals surface area contributed by atoms with Gasteiger partial charge in [-0.2, -0.15) is 0 Å². The number of sulfonamides is 1. The third kappa shape index (κ3) is 7.77. The molecule has 8 heteroatoms. The predicted molar refractivity (Wildman–Crippen MR) is 116 cm³/mol. The molecule has 3 N–H and O–H groups in total. The van der Waals surface area contributed by atoms with Crippen molar-refractivity contribution in [2.45, 2.75) is 50.9 Å². The first kappa shape index (κ1) is 22.6. The first-order valence-corrected chi connectivity index (χ1v) is 11.8. The number of piperidine rings is 1. The van der Waals surface area contributed by atoms with E-state index in [1.165, 1.54) is 32.9 Å². The molecule has 0 spiro atoms. The molecule has 7 nitrogen and oxygen atoms in total. The van der Waals surface area contributed by atoms with Gasteiger partial charge in [0, 0.05) is 32.7 Å². The third-order valence-corrected chi connectivity index (χ3v) is 6.56. The van der Waals surface area contributed by atoms with Crippen LogP contribution >= 0.6 is 0 Å². The van der Waals surface area contributed by atoms with Gasteiger partial charge < -0.3 is 15.5 Å². The van der Waals surface area contributed by atoms with E-state index in [0.29, 0.717) is 12.6 Å². The maximum absolute atomic E-state index is 11.6. The van der Waals surface area contributed by atoms with Crippen LogP contribution < -0.4 is 15.4 Å². The second kappa shape index (κ2) is 11.4. The number of hydrogen-bond acceptors (Lipinski definition) is 4. The average molecular weight is 410 g/mol. The Labute approximate surface area is 170 Å². The van der Waals surface area contributed by atoms with Crippen LogP contribution in [0.5, 0.6) is 0 Å². The Morgan fingerprint density at radius 2 is 1.89 bits per heavy atom. The van der Waals surface area contributed by atoms with E-state index in [1.807, 2.05) is 24.3 Å². The second-order valence-corrected chi connectivity index (χ2v) is 9.29. The van der Waals surface area contributed by atoms with E-state index >= 15 is 0 Å². The van der Waals surface area contributed by atoms with Gasteiger partial charge in [-0.3, -0.25) is 4.99 Å². The van der Waals surface area contributed by atoms with Crippen molar-refractivity contribution in [1.82, 2.24) is 20.3 Å². The highest BCUT2D eigenvalue weighted by atomic mass is 32.2. The first-order chi connectivity index (χ1) is 13.4. The number of hydrogen-bond donors (Lipinski definition) is 3. The minimum Gasteiger partial charge on any atom is -0.356 e. The molecule has 1 aromatic rings. The van der Waals surface area contributed by atoms with E-state index in [9.17, 15) is 8.42 Å². The molecule has 1 aliphatic heterocycles. The minimum atomic E-state index is -3.24. The highest BCUT2D eigenvalue weighted by Gasteiger charge is 2.17. The molecule has 2 rings (SSSR count). The summed E-state index contributed by atoms with van der Waals surface area (Å²) in [7, 11) is -0.0364. The number of nitrogens with zero attached hydrogens (tertiary/aromatic N) is 2. The Hall–Kier alpha value is -1.64. The van der Waals surface area contributed by atoms with Gasteiger partial charge in [-0.05, 0) is 50.9 Å². The summed E-state index contributed by atoms with van der Waals surface area (Å²) in [5.41, 5.74) is 1.85. The molecule has 1 unspecified atom stereocenters. The third-order valence-electron chi connectivity index (χ3n) is 5.23. The number of benzene rings is 1. The van der Waals surface area contributed by atoms with Gasteiger partial charge in [-0.1, -0.05) is 30.7 Å². The van der Waals surface area contributed by atoms with E-state index in [0.717, 1.165) is 36.6 Å². The van der Waals surface area contributed by atoms with Gasteiger partial charge in [0.25, 0.3) is 0 Å². The summed E-state index contributed by atoms with van der Waals surface area (Å²) >= 11 is 0. The van der Waals surface area contributed by atoms with Crippen molar-refractivity contribution in [3.05, 3.63) is 35.4 Å². The van der Waals surface area contributed by atoms with Gasteiger partial charge in [-0.25, -0.2) is 13.1 Å². The van der Waals surface area contributed by atoms with E-state index in [-0.39, 0.29) is 5.75 Å². The Balaban J connectivity index is 1.70. The molecular weight excluding hydrogens is 374 g/mol. The number of guanidine groups is 1. The van der Waals surface area contributed by atoms with Gasteiger partial charge >= 0.3 is 0 Å². The lowest BCUT2D eigenvalue weighted by molar-refractivity contribution is 0.159. The number of likely N-dealkylation sites (tertiary alicyclic amines) is 1. The van der Waals surface area contributed by atoms with Gasteiger partial charge in [0.1, 0.15) is 0 Å². The summed E-state index contributed by atoms with van der Waals surface area (Å²) in [4.78, 5) is 6.85. The molecule has 0 amide bonds. The molecular formula is C20H35N5O2S. The van der Waals surface area contributed by atoms with Crippen LogP contribution in [-0.2, 0) is 22.3 Å². The monoisotopic (exact) mass is 409 g/mol. The van der Waals surface area contributed by atoms with Gasteiger partial charge in [0.2, 0.25) is 10.0 Å². The van der Waals surface area contributed by atoms with Crippen LogP contribution in [0.4, 0.5) is 0 Å². The highest BCUT2D eigenvalue weighted by Crippen LogP contribution is 2.16. The fraction of sp³-hybridized carbons (Fsp3) is 0.650. The summed E-state index contributed by atoms with van der Waals surface area (Å²) in [6, 6.07) is 8.29. The van der Waals surface area contributed by atoms with Crippen molar-refractivity contribution in [3.8, 4) is 0 Å². The Morgan fingerprint density at radius 1 is 1.18 bits per heavy atom. The van der Waals surface area contributed by atoms with Crippen molar-refractivity contribution in [3.63, 3.8) is 0 Å². The van der Waals surface area contributed by atoms with Crippen molar-refractivity contribution in [2.24, 2.45) is 4.99 Å². The van der Waals surface area contributed by atoms with E-state index in [1.54, 1.807) is 7.05 Å². The van der Waals surface area contributed by atoms with Gasteiger partial charge in [-0.15, -0.1) is 0 Å². The fourth-order valence-electron chi connectivity index (χ4n) is 3.43. The lowest BCUT2D eigenvalue weighted by atomic mass is 10.0. The Morgan fingerprint density at radius 3 is 2.54 bits per heavy atom. The molecule has 1 aromatic carbocycles. The molecule has 1 fully saturated rings. The average Bonchev–Trinajstić information content (AvgIpc) is 2.69.